The highest BCUT2D eigenvalue weighted by molar-refractivity contribution is 6.04. The molecule has 2 saturated heterocycles. The van der Waals surface area contributed by atoms with Crippen molar-refractivity contribution in [1.29, 1.82) is 0 Å². The maximum Gasteiger partial charge on any atom is 0.246 e. The Kier molecular flexibility index (Phi) is 8.19. The normalized spacial score (nSPS) is 20.9. The summed E-state index contributed by atoms with van der Waals surface area (Å²) < 4.78 is 0. The number of aromatic nitrogens is 4. The molecule has 0 spiro atoms. The molecule has 230 valence electrons. The largest absolute Gasteiger partial charge is 0.355 e. The first-order valence-electron chi connectivity index (χ1n) is 16.1. The molecule has 2 fully saturated rings. The van der Waals surface area contributed by atoms with E-state index in [2.05, 4.69) is 93.0 Å². The number of amides is 1. The standard InChI is InChI=1S/C34H40BN9O/c1-21(2)30(42-34-36-15-16-37-34)33(45)43-17-3-5-28(43)31-38-19-26(40-31)24-11-7-22(8-12-24)23-9-13-25(14-10-23)27-20-39-32(41-27)29-6-4-18-44(29)35/h7-14,19-21,28-30H,3-6,15-18H2,1-2H3,(H,38,40)(H,39,41)(H2,36,37,42)/t28-,29-,30-/m0/s1. The number of carbonyl (C=O) groups is 1. The molecule has 11 heteroatoms. The van der Waals surface area contributed by atoms with Crippen LogP contribution in [0, 0.1) is 5.92 Å². The number of imidazole rings is 2. The van der Waals surface area contributed by atoms with Gasteiger partial charge in [-0.1, -0.05) is 62.4 Å². The van der Waals surface area contributed by atoms with Gasteiger partial charge in [-0.15, -0.1) is 0 Å². The monoisotopic (exact) mass is 601 g/mol. The SMILES string of the molecule is [B]N1CCC[C@H]1c1ncc(-c2ccc(-c3ccc(-c4cnc([C@@H]5CCCN5C(=O)[C@@H](NC5=NCCN5)C(C)C)[nH]4)cc3)cc2)[nH]1. The van der Waals surface area contributed by atoms with Crippen molar-refractivity contribution in [2.45, 2.75) is 57.7 Å². The Morgan fingerprint density at radius 3 is 1.93 bits per heavy atom. The molecule has 2 aromatic heterocycles. The smallest absolute Gasteiger partial charge is 0.246 e. The van der Waals surface area contributed by atoms with Crippen LogP contribution in [0.2, 0.25) is 0 Å². The van der Waals surface area contributed by atoms with Crippen molar-refractivity contribution in [3.05, 3.63) is 72.6 Å². The molecule has 0 aliphatic carbocycles. The lowest BCUT2D eigenvalue weighted by atomic mass is 10.0. The maximum atomic E-state index is 13.7. The fourth-order valence-electron chi connectivity index (χ4n) is 6.72. The fourth-order valence-corrected chi connectivity index (χ4v) is 6.72. The number of H-pyrrole nitrogens is 2. The molecule has 2 radical (unpaired) electrons. The van der Waals surface area contributed by atoms with E-state index < -0.39 is 0 Å². The molecule has 0 saturated carbocycles. The highest BCUT2D eigenvalue weighted by atomic mass is 16.2. The van der Waals surface area contributed by atoms with Crippen LogP contribution in [0.3, 0.4) is 0 Å². The second-order valence-electron chi connectivity index (χ2n) is 12.6. The first kappa shape index (κ1) is 29.3. The summed E-state index contributed by atoms with van der Waals surface area (Å²) in [6.45, 7) is 7.31. The summed E-state index contributed by atoms with van der Waals surface area (Å²) in [4.78, 5) is 38.3. The highest BCUT2D eigenvalue weighted by Crippen LogP contribution is 2.34. The van der Waals surface area contributed by atoms with Gasteiger partial charge in [0, 0.05) is 13.1 Å². The lowest BCUT2D eigenvalue weighted by molar-refractivity contribution is -0.135. The van der Waals surface area contributed by atoms with E-state index in [-0.39, 0.29) is 30.0 Å². The van der Waals surface area contributed by atoms with Crippen LogP contribution in [0.25, 0.3) is 33.6 Å². The van der Waals surface area contributed by atoms with Crippen LogP contribution in [-0.4, -0.2) is 81.7 Å². The van der Waals surface area contributed by atoms with Gasteiger partial charge >= 0.3 is 0 Å². The summed E-state index contributed by atoms with van der Waals surface area (Å²) in [5, 5.41) is 6.57. The first-order chi connectivity index (χ1) is 21.9. The molecule has 0 unspecified atom stereocenters. The maximum absolute atomic E-state index is 13.7. The van der Waals surface area contributed by atoms with E-state index in [4.69, 9.17) is 13.0 Å². The average Bonchev–Trinajstić information content (AvgIpc) is 3.89. The van der Waals surface area contributed by atoms with Gasteiger partial charge in [-0.05, 0) is 60.4 Å². The molecular weight excluding hydrogens is 561 g/mol. The van der Waals surface area contributed by atoms with Gasteiger partial charge in [0.15, 0.2) is 13.9 Å². The predicted octanol–water partition coefficient (Wildman–Crippen LogP) is 4.59. The van der Waals surface area contributed by atoms with Crippen molar-refractivity contribution in [2.75, 3.05) is 26.2 Å². The van der Waals surface area contributed by atoms with Gasteiger partial charge in [-0.25, -0.2) is 9.97 Å². The summed E-state index contributed by atoms with van der Waals surface area (Å²) in [5.74, 6) is 2.71. The molecule has 3 atom stereocenters. The van der Waals surface area contributed by atoms with E-state index in [1.807, 2.05) is 22.1 Å². The zero-order valence-electron chi connectivity index (χ0n) is 26.0. The summed E-state index contributed by atoms with van der Waals surface area (Å²) in [7, 11) is 6.13. The molecule has 3 aliphatic heterocycles. The molecular formula is C34H40BN9O. The van der Waals surface area contributed by atoms with E-state index in [0.29, 0.717) is 5.96 Å². The van der Waals surface area contributed by atoms with Crippen molar-refractivity contribution < 1.29 is 4.79 Å². The van der Waals surface area contributed by atoms with Crippen LogP contribution in [-0.2, 0) is 4.79 Å². The topological polar surface area (TPSA) is 117 Å². The number of aromatic amines is 2. The molecule has 4 N–H and O–H groups in total. The van der Waals surface area contributed by atoms with Gasteiger partial charge in [0.05, 0.1) is 42.4 Å². The van der Waals surface area contributed by atoms with Gasteiger partial charge in [-0.2, -0.15) is 0 Å². The van der Waals surface area contributed by atoms with Crippen molar-refractivity contribution in [3.8, 4) is 33.6 Å². The minimum Gasteiger partial charge on any atom is -0.355 e. The molecule has 5 heterocycles. The van der Waals surface area contributed by atoms with Crippen molar-refractivity contribution in [3.63, 3.8) is 0 Å². The van der Waals surface area contributed by atoms with Crippen LogP contribution in [0.15, 0.2) is 65.9 Å². The van der Waals surface area contributed by atoms with Gasteiger partial charge in [0.25, 0.3) is 0 Å². The number of nitrogens with one attached hydrogen (secondary N) is 4. The summed E-state index contributed by atoms with van der Waals surface area (Å²) in [6, 6.07) is 16.8. The Morgan fingerprint density at radius 1 is 0.844 bits per heavy atom. The number of aliphatic imine (C=N–C) groups is 1. The third-order valence-corrected chi connectivity index (χ3v) is 9.28. The lowest BCUT2D eigenvalue weighted by Gasteiger charge is -2.30. The molecule has 2 aromatic carbocycles. The Labute approximate surface area is 265 Å². The Hall–Kier alpha value is -4.38. The van der Waals surface area contributed by atoms with Crippen molar-refractivity contribution in [1.82, 2.24) is 40.3 Å². The summed E-state index contributed by atoms with van der Waals surface area (Å²) in [6.07, 6.45) is 7.75. The van der Waals surface area contributed by atoms with Crippen LogP contribution in [0.4, 0.5) is 0 Å². The number of nitrogens with zero attached hydrogens (tertiary/aromatic N) is 5. The minimum absolute atomic E-state index is 0.0658. The van der Waals surface area contributed by atoms with Crippen molar-refractivity contribution in [2.24, 2.45) is 10.9 Å². The van der Waals surface area contributed by atoms with Crippen molar-refractivity contribution >= 4 is 19.8 Å². The molecule has 4 aromatic rings. The second-order valence-corrected chi connectivity index (χ2v) is 12.6. The average molecular weight is 602 g/mol. The molecule has 0 bridgehead atoms. The first-order valence-corrected chi connectivity index (χ1v) is 16.1. The number of likely N-dealkylation sites (tertiary alicyclic amines) is 1. The highest BCUT2D eigenvalue weighted by Gasteiger charge is 2.37. The van der Waals surface area contributed by atoms with E-state index in [1.54, 1.807) is 0 Å². The van der Waals surface area contributed by atoms with Gasteiger partial charge in [0.1, 0.15) is 17.7 Å². The van der Waals surface area contributed by atoms with Crippen LogP contribution in [0.1, 0.15) is 63.3 Å². The summed E-state index contributed by atoms with van der Waals surface area (Å²) in [5.41, 5.74) is 6.39. The quantitative estimate of drug-likeness (QED) is 0.220. The minimum atomic E-state index is -0.336. The predicted molar refractivity (Wildman–Crippen MR) is 177 cm³/mol. The van der Waals surface area contributed by atoms with Gasteiger partial charge in [-0.3, -0.25) is 9.79 Å². The Morgan fingerprint density at radius 2 is 1.40 bits per heavy atom. The fraction of sp³-hybridized carbons (Fsp3) is 0.412. The van der Waals surface area contributed by atoms with E-state index in [9.17, 15) is 4.79 Å². The number of benzene rings is 2. The third-order valence-electron chi connectivity index (χ3n) is 9.28. The molecule has 7 rings (SSSR count). The Balaban J connectivity index is 1.02. The number of guanidine groups is 1. The molecule has 1 amide bonds. The van der Waals surface area contributed by atoms with Crippen LogP contribution >= 0.6 is 0 Å². The van der Waals surface area contributed by atoms with E-state index in [0.717, 1.165) is 97.2 Å². The van der Waals surface area contributed by atoms with Gasteiger partial charge in [0.2, 0.25) is 5.91 Å². The van der Waals surface area contributed by atoms with E-state index in [1.165, 1.54) is 0 Å². The zero-order chi connectivity index (χ0) is 30.9. The van der Waals surface area contributed by atoms with Crippen LogP contribution < -0.4 is 10.6 Å². The number of carbonyl (C=O) groups excluding carboxylic acids is 1. The van der Waals surface area contributed by atoms with Gasteiger partial charge < -0.3 is 30.3 Å². The molecule has 10 nitrogen and oxygen atoms in total. The van der Waals surface area contributed by atoms with E-state index >= 15 is 0 Å². The Bertz CT molecular complexity index is 1660. The number of hydrogen-bond donors (Lipinski definition) is 4. The summed E-state index contributed by atoms with van der Waals surface area (Å²) >= 11 is 0. The molecule has 3 aliphatic rings. The third kappa shape index (κ3) is 6.01. The second kappa shape index (κ2) is 12.6. The molecule has 45 heavy (non-hydrogen) atoms. The lowest BCUT2D eigenvalue weighted by Crippen LogP contribution is -2.53. The van der Waals surface area contributed by atoms with Crippen LogP contribution in [0.5, 0.6) is 0 Å². The number of rotatable bonds is 8. The number of hydrogen-bond acceptors (Lipinski definition) is 7. The zero-order valence-corrected chi connectivity index (χ0v) is 26.0.